The van der Waals surface area contributed by atoms with Gasteiger partial charge in [-0.05, 0) is 60.0 Å². The van der Waals surface area contributed by atoms with Crippen molar-refractivity contribution in [2.75, 3.05) is 4.31 Å². The number of hydrogen-bond donors (Lipinski definition) is 1. The summed E-state index contributed by atoms with van der Waals surface area (Å²) < 4.78 is 30.7. The van der Waals surface area contributed by atoms with Gasteiger partial charge in [0.25, 0.3) is 10.0 Å². The third kappa shape index (κ3) is 4.87. The Labute approximate surface area is 213 Å². The zero-order valence-corrected chi connectivity index (χ0v) is 21.5. The molecule has 2 heterocycles. The lowest BCUT2D eigenvalue weighted by molar-refractivity contribution is -0.140. The Balaban J connectivity index is 1.94. The van der Waals surface area contributed by atoms with Crippen LogP contribution in [0.3, 0.4) is 0 Å². The minimum absolute atomic E-state index is 0.126. The number of pyridine rings is 1. The summed E-state index contributed by atoms with van der Waals surface area (Å²) in [4.78, 5) is 16.6. The van der Waals surface area contributed by atoms with Crippen LogP contribution < -0.4 is 4.31 Å². The maximum atomic E-state index is 13.9. The number of sulfonamides is 1. The average Bonchev–Trinajstić information content (AvgIpc) is 3.19. The van der Waals surface area contributed by atoms with Crippen LogP contribution in [0.25, 0.3) is 16.7 Å². The van der Waals surface area contributed by atoms with Gasteiger partial charge in [0.15, 0.2) is 0 Å². The van der Waals surface area contributed by atoms with Gasteiger partial charge in [0.05, 0.1) is 16.1 Å². The van der Waals surface area contributed by atoms with Crippen LogP contribution in [0.15, 0.2) is 78.0 Å². The van der Waals surface area contributed by atoms with Crippen LogP contribution in [0.4, 0.5) is 5.69 Å². The zero-order chi connectivity index (χ0) is 25.5. The summed E-state index contributed by atoms with van der Waals surface area (Å²) in [6, 6.07) is 14.9. The van der Waals surface area contributed by atoms with Crippen LogP contribution >= 0.6 is 23.2 Å². The van der Waals surface area contributed by atoms with Gasteiger partial charge in [0, 0.05) is 27.8 Å². The average molecular weight is 532 g/mol. The van der Waals surface area contributed by atoms with Crippen LogP contribution in [0.2, 0.25) is 10.0 Å². The lowest BCUT2D eigenvalue weighted by Crippen LogP contribution is -2.52. The van der Waals surface area contributed by atoms with E-state index in [4.69, 9.17) is 23.2 Å². The van der Waals surface area contributed by atoms with E-state index in [0.29, 0.717) is 5.82 Å². The molecule has 0 radical (unpaired) electrons. The number of rotatable bonds is 6. The van der Waals surface area contributed by atoms with Crippen molar-refractivity contribution < 1.29 is 18.3 Å². The fraction of sp³-hybridized carbons (Fsp3) is 0.200. The monoisotopic (exact) mass is 531 g/mol. The first-order valence-corrected chi connectivity index (χ1v) is 12.8. The first-order chi connectivity index (χ1) is 16.4. The lowest BCUT2D eigenvalue weighted by atomic mass is 9.86. The predicted molar refractivity (Wildman–Crippen MR) is 138 cm³/mol. The highest BCUT2D eigenvalue weighted by molar-refractivity contribution is 7.93. The first kappa shape index (κ1) is 25.0. The molecule has 0 aliphatic heterocycles. The van der Waals surface area contributed by atoms with Gasteiger partial charge in [-0.15, -0.1) is 0 Å². The number of nitrogens with zero attached hydrogens (tertiary/aromatic N) is 3. The van der Waals surface area contributed by atoms with Crippen LogP contribution in [-0.4, -0.2) is 35.1 Å². The number of aromatic nitrogens is 2. The molecule has 0 spiro atoms. The summed E-state index contributed by atoms with van der Waals surface area (Å²) in [5, 5.41) is 11.1. The number of carbonyl (C=O) groups is 1. The van der Waals surface area contributed by atoms with Crippen LogP contribution in [0.5, 0.6) is 0 Å². The maximum absolute atomic E-state index is 13.9. The molecule has 0 saturated carbocycles. The van der Waals surface area contributed by atoms with E-state index in [9.17, 15) is 18.3 Å². The highest BCUT2D eigenvalue weighted by Gasteiger charge is 2.43. The number of aliphatic carboxylic acids is 1. The number of hydrogen-bond acceptors (Lipinski definition) is 4. The molecule has 0 aliphatic rings. The van der Waals surface area contributed by atoms with Gasteiger partial charge in [-0.25, -0.2) is 18.2 Å². The van der Waals surface area contributed by atoms with E-state index in [-0.39, 0.29) is 20.6 Å². The van der Waals surface area contributed by atoms with E-state index in [1.807, 2.05) is 35.0 Å². The summed E-state index contributed by atoms with van der Waals surface area (Å²) in [7, 11) is -4.38. The summed E-state index contributed by atoms with van der Waals surface area (Å²) in [6.45, 7) is 5.03. The number of carboxylic acids is 1. The van der Waals surface area contributed by atoms with E-state index in [2.05, 4.69) is 4.98 Å². The summed E-state index contributed by atoms with van der Waals surface area (Å²) in [5.41, 5.74) is 0.0452. The first-order valence-electron chi connectivity index (χ1n) is 10.7. The van der Waals surface area contributed by atoms with Crippen molar-refractivity contribution >= 4 is 55.8 Å². The number of carboxylic acid groups (broad SMARTS) is 1. The SMILES string of the molecule is CC(C)(C)C(C(=O)O)N(c1ccc2c(ccn2-c2ccccn2)c1)S(=O)(=O)c1cc(Cl)cc(Cl)c1. The van der Waals surface area contributed by atoms with E-state index in [1.54, 1.807) is 45.2 Å². The minimum atomic E-state index is -4.38. The van der Waals surface area contributed by atoms with Crippen molar-refractivity contribution in [1.29, 1.82) is 0 Å². The van der Waals surface area contributed by atoms with Gasteiger partial charge in [-0.2, -0.15) is 0 Å². The largest absolute Gasteiger partial charge is 0.480 e. The molecule has 7 nitrogen and oxygen atoms in total. The molecular weight excluding hydrogens is 509 g/mol. The fourth-order valence-corrected chi connectivity index (χ4v) is 6.51. The van der Waals surface area contributed by atoms with Gasteiger partial charge in [-0.1, -0.05) is 50.0 Å². The number of anilines is 1. The highest BCUT2D eigenvalue weighted by atomic mass is 35.5. The van der Waals surface area contributed by atoms with E-state index < -0.39 is 27.4 Å². The molecule has 4 rings (SSSR count). The molecule has 0 saturated heterocycles. The molecule has 1 unspecified atom stereocenters. The molecule has 182 valence electrons. The molecule has 35 heavy (non-hydrogen) atoms. The Morgan fingerprint density at radius 2 is 1.71 bits per heavy atom. The standard InChI is InChI=1S/C25H23Cl2N3O4S/c1-25(2,3)23(24(31)32)30(35(33,34)20-14-17(26)13-18(27)15-20)19-7-8-21-16(12-19)9-11-29(21)22-6-4-5-10-28-22/h4-15,23H,1-3H3,(H,31,32). The van der Waals surface area contributed by atoms with E-state index >= 15 is 0 Å². The Kier molecular flexibility index (Phi) is 6.57. The van der Waals surface area contributed by atoms with Gasteiger partial charge >= 0.3 is 5.97 Å². The Morgan fingerprint density at radius 1 is 1.03 bits per heavy atom. The van der Waals surface area contributed by atoms with Gasteiger partial charge in [0.1, 0.15) is 11.9 Å². The minimum Gasteiger partial charge on any atom is -0.480 e. The molecule has 10 heteroatoms. The summed E-state index contributed by atoms with van der Waals surface area (Å²) >= 11 is 12.2. The zero-order valence-electron chi connectivity index (χ0n) is 19.2. The molecule has 0 aliphatic carbocycles. The molecule has 2 aromatic heterocycles. The molecule has 1 N–H and O–H groups in total. The smallest absolute Gasteiger partial charge is 0.328 e. The molecule has 0 fully saturated rings. The molecule has 1 atom stereocenters. The van der Waals surface area contributed by atoms with Gasteiger partial charge in [-0.3, -0.25) is 4.31 Å². The normalized spacial score (nSPS) is 13.1. The van der Waals surface area contributed by atoms with Crippen molar-refractivity contribution in [1.82, 2.24) is 9.55 Å². The van der Waals surface area contributed by atoms with E-state index in [0.717, 1.165) is 15.2 Å². The Bertz CT molecular complexity index is 1490. The Morgan fingerprint density at radius 3 is 2.29 bits per heavy atom. The summed E-state index contributed by atoms with van der Waals surface area (Å²) in [5.74, 6) is -0.577. The van der Waals surface area contributed by atoms with E-state index in [1.165, 1.54) is 18.2 Å². The quantitative estimate of drug-likeness (QED) is 0.328. The van der Waals surface area contributed by atoms with Crippen molar-refractivity contribution in [2.45, 2.75) is 31.7 Å². The molecular formula is C25H23Cl2N3O4S. The second kappa shape index (κ2) is 9.18. The molecule has 2 aromatic carbocycles. The molecule has 0 bridgehead atoms. The highest BCUT2D eigenvalue weighted by Crippen LogP contribution is 2.37. The second-order valence-electron chi connectivity index (χ2n) is 9.13. The third-order valence-corrected chi connectivity index (χ3v) is 7.71. The molecule has 4 aromatic rings. The van der Waals surface area contributed by atoms with Crippen molar-refractivity contribution in [2.24, 2.45) is 5.41 Å². The maximum Gasteiger partial charge on any atom is 0.328 e. The van der Waals surface area contributed by atoms with Crippen LogP contribution in [0, 0.1) is 5.41 Å². The third-order valence-electron chi connectivity index (χ3n) is 5.51. The Hall–Kier alpha value is -3.07. The molecule has 0 amide bonds. The fourth-order valence-electron chi connectivity index (χ4n) is 4.00. The van der Waals surface area contributed by atoms with Gasteiger partial charge in [0.2, 0.25) is 0 Å². The van der Waals surface area contributed by atoms with Crippen LogP contribution in [-0.2, 0) is 14.8 Å². The summed E-state index contributed by atoms with van der Waals surface area (Å²) in [6.07, 6.45) is 3.51. The second-order valence-corrected chi connectivity index (χ2v) is 11.8. The number of fused-ring (bicyclic) bond motifs is 1. The lowest BCUT2D eigenvalue weighted by Gasteiger charge is -2.37. The number of halogens is 2. The van der Waals surface area contributed by atoms with Gasteiger partial charge < -0.3 is 9.67 Å². The van der Waals surface area contributed by atoms with Crippen molar-refractivity contribution in [3.05, 3.63) is 83.1 Å². The number of benzene rings is 2. The van der Waals surface area contributed by atoms with Crippen molar-refractivity contribution in [3.8, 4) is 5.82 Å². The predicted octanol–water partition coefficient (Wildman–Crippen LogP) is 6.03. The van der Waals surface area contributed by atoms with Crippen molar-refractivity contribution in [3.63, 3.8) is 0 Å². The topological polar surface area (TPSA) is 92.5 Å². The van der Waals surface area contributed by atoms with Crippen LogP contribution in [0.1, 0.15) is 20.8 Å².